The number of rotatable bonds is 13. The Hall–Kier alpha value is -0.760. The first-order chi connectivity index (χ1) is 11.2. The molecule has 5 nitrogen and oxygen atoms in total. The van der Waals surface area contributed by atoms with Gasteiger partial charge < -0.3 is 14.8 Å². The van der Waals surface area contributed by atoms with Crippen LogP contribution in [0.3, 0.4) is 0 Å². The second-order valence-corrected chi connectivity index (χ2v) is 7.69. The van der Waals surface area contributed by atoms with E-state index in [4.69, 9.17) is 9.47 Å². The first-order valence-corrected chi connectivity index (χ1v) is 10.1. The summed E-state index contributed by atoms with van der Waals surface area (Å²) in [5, 5.41) is 3.81. The number of amides is 1. The number of pyridine rings is 1. The van der Waals surface area contributed by atoms with Crippen molar-refractivity contribution < 1.29 is 15.7 Å². The zero-order valence-electron chi connectivity index (χ0n) is 13.8. The van der Waals surface area contributed by atoms with Crippen molar-refractivity contribution in [3.05, 3.63) is 24.4 Å². The molecule has 1 amide bonds. The summed E-state index contributed by atoms with van der Waals surface area (Å²) in [4.78, 5) is 15.8. The van der Waals surface area contributed by atoms with Gasteiger partial charge in [-0.15, -0.1) is 0 Å². The molecular formula is C16H28N2O3S2. The second kappa shape index (κ2) is 13.7. The third-order valence-electron chi connectivity index (χ3n) is 2.59. The van der Waals surface area contributed by atoms with Gasteiger partial charge in [-0.05, 0) is 28.8 Å². The first-order valence-electron chi connectivity index (χ1n) is 7.81. The van der Waals surface area contributed by atoms with Gasteiger partial charge >= 0.3 is 0 Å². The van der Waals surface area contributed by atoms with E-state index in [2.05, 4.69) is 24.1 Å². The molecule has 23 heavy (non-hydrogen) atoms. The van der Waals surface area contributed by atoms with Crippen LogP contribution in [0.2, 0.25) is 0 Å². The van der Waals surface area contributed by atoms with Crippen LogP contribution in [-0.4, -0.2) is 49.6 Å². The Morgan fingerprint density at radius 1 is 1.30 bits per heavy atom. The maximum absolute atomic E-state index is 11.6. The molecule has 1 N–H and O–H groups in total. The number of hydrogen-bond acceptors (Lipinski definition) is 6. The number of nitrogens with one attached hydrogen (secondary N) is 1. The number of aromatic nitrogens is 1. The van der Waals surface area contributed by atoms with E-state index < -0.39 is 0 Å². The fraction of sp³-hybridized carbons (Fsp3) is 0.625. The summed E-state index contributed by atoms with van der Waals surface area (Å²) in [6, 6.07) is 5.80. The highest BCUT2D eigenvalue weighted by Gasteiger charge is 2.02. The van der Waals surface area contributed by atoms with Gasteiger partial charge in [0, 0.05) is 32.9 Å². The molecule has 1 rings (SSSR count). The van der Waals surface area contributed by atoms with Crippen molar-refractivity contribution in [2.24, 2.45) is 5.92 Å². The average molecular weight is 361 g/mol. The molecule has 7 heteroatoms. The van der Waals surface area contributed by atoms with E-state index in [-0.39, 0.29) is 7.33 Å². The zero-order chi connectivity index (χ0) is 16.8. The molecule has 0 aliphatic heterocycles. The van der Waals surface area contributed by atoms with Crippen LogP contribution in [0.5, 0.6) is 0 Å². The van der Waals surface area contributed by atoms with Crippen molar-refractivity contribution in [3.63, 3.8) is 0 Å². The molecule has 0 spiro atoms. The molecule has 1 aromatic heterocycles. The van der Waals surface area contributed by atoms with Gasteiger partial charge in [0.05, 0.1) is 19.8 Å². The van der Waals surface area contributed by atoms with Crippen molar-refractivity contribution in [3.8, 4) is 0 Å². The third kappa shape index (κ3) is 12.3. The molecule has 0 bridgehead atoms. The van der Waals surface area contributed by atoms with Crippen molar-refractivity contribution in [1.29, 1.82) is 0 Å². The molecule has 0 aliphatic carbocycles. The van der Waals surface area contributed by atoms with E-state index in [1.807, 2.05) is 18.2 Å². The maximum atomic E-state index is 11.6. The zero-order valence-corrected chi connectivity index (χ0v) is 15.5. The van der Waals surface area contributed by atoms with E-state index in [1.54, 1.807) is 27.8 Å². The number of carbonyl (C=O) groups excluding carboxylic acids is 1. The van der Waals surface area contributed by atoms with E-state index in [0.717, 1.165) is 17.4 Å². The Morgan fingerprint density at radius 3 is 2.87 bits per heavy atom. The largest absolute Gasteiger partial charge is 0.379 e. The number of hydrogen-bond donors (Lipinski definition) is 1. The quantitative estimate of drug-likeness (QED) is 0.430. The van der Waals surface area contributed by atoms with E-state index in [9.17, 15) is 4.79 Å². The highest BCUT2D eigenvalue weighted by atomic mass is 33.1. The van der Waals surface area contributed by atoms with Crippen LogP contribution < -0.4 is 5.32 Å². The molecule has 0 saturated heterocycles. The number of nitrogens with zero attached hydrogens (tertiary/aromatic N) is 1. The van der Waals surface area contributed by atoms with Gasteiger partial charge in [0.2, 0.25) is 5.91 Å². The van der Waals surface area contributed by atoms with Crippen LogP contribution in [0.15, 0.2) is 29.4 Å². The van der Waals surface area contributed by atoms with Crippen LogP contribution in [-0.2, 0) is 14.3 Å². The molecule has 132 valence electrons. The summed E-state index contributed by atoms with van der Waals surface area (Å²) in [6.07, 6.45) is 2.27. The van der Waals surface area contributed by atoms with Gasteiger partial charge in [-0.3, -0.25) is 4.79 Å². The van der Waals surface area contributed by atoms with E-state index in [1.165, 1.54) is 0 Å². The molecule has 0 aromatic carbocycles. The molecule has 0 radical (unpaired) electrons. The van der Waals surface area contributed by atoms with Crippen molar-refractivity contribution in [1.82, 2.24) is 10.3 Å². The summed E-state index contributed by atoms with van der Waals surface area (Å²) in [5.41, 5.74) is 0. The van der Waals surface area contributed by atoms with Crippen LogP contribution in [0.4, 0.5) is 0 Å². The van der Waals surface area contributed by atoms with Crippen LogP contribution in [0.25, 0.3) is 0 Å². The smallest absolute Gasteiger partial charge is 0.220 e. The summed E-state index contributed by atoms with van der Waals surface area (Å²) in [7, 11) is 3.23. The summed E-state index contributed by atoms with van der Waals surface area (Å²) in [5.74, 6) is 1.36. The monoisotopic (exact) mass is 360 g/mol. The summed E-state index contributed by atoms with van der Waals surface area (Å²) >= 11 is 0. The Labute approximate surface area is 148 Å². The molecule has 0 saturated carbocycles. The van der Waals surface area contributed by atoms with E-state index in [0.29, 0.717) is 38.7 Å². The lowest BCUT2D eigenvalue weighted by Gasteiger charge is -2.08. The second-order valence-electron chi connectivity index (χ2n) is 5.25. The predicted octanol–water partition coefficient (Wildman–Crippen LogP) is 3.26. The predicted molar refractivity (Wildman–Crippen MR) is 98.8 cm³/mol. The lowest BCUT2D eigenvalue weighted by molar-refractivity contribution is -0.120. The highest BCUT2D eigenvalue weighted by Crippen LogP contribution is 2.29. The first kappa shape index (κ1) is 20.3. The summed E-state index contributed by atoms with van der Waals surface area (Å²) < 4.78 is 10.8. The minimum atomic E-state index is 0. The Morgan fingerprint density at radius 2 is 2.13 bits per heavy atom. The lowest BCUT2D eigenvalue weighted by Crippen LogP contribution is -2.27. The molecular weight excluding hydrogens is 332 g/mol. The Balaban J connectivity index is 0.00000529. The minimum Gasteiger partial charge on any atom is -0.379 e. The van der Waals surface area contributed by atoms with Gasteiger partial charge in [-0.1, -0.05) is 30.7 Å². The fourth-order valence-corrected chi connectivity index (χ4v) is 3.39. The molecule has 1 aromatic rings. The van der Waals surface area contributed by atoms with Crippen LogP contribution in [0.1, 0.15) is 21.7 Å². The molecule has 0 fully saturated rings. The molecule has 0 aliphatic rings. The van der Waals surface area contributed by atoms with Gasteiger partial charge in [0.15, 0.2) is 0 Å². The van der Waals surface area contributed by atoms with Gasteiger partial charge in [-0.25, -0.2) is 4.98 Å². The summed E-state index contributed by atoms with van der Waals surface area (Å²) in [6.45, 7) is 7.22. The van der Waals surface area contributed by atoms with Gasteiger partial charge in [0.1, 0.15) is 5.03 Å². The van der Waals surface area contributed by atoms with Crippen LogP contribution >= 0.6 is 21.6 Å². The van der Waals surface area contributed by atoms with Gasteiger partial charge in [-0.2, -0.15) is 0 Å². The van der Waals surface area contributed by atoms with Crippen molar-refractivity contribution in [2.75, 3.05) is 38.7 Å². The minimum absolute atomic E-state index is 0. The SMILES string of the molecule is CC(C)COCCOCCNC(=O)CCSSc1ccccn1.[HH]. The molecule has 0 unspecified atom stereocenters. The standard InChI is InChI=1S/C16H26N2O3S2.H2/c1-14(2)13-21-11-10-20-9-8-17-15(19)6-12-22-23-16-5-3-4-7-18-16;/h3-5,7,14H,6,8-13H2,1-2H3,(H,17,19);1H. The number of ether oxygens (including phenoxy) is 2. The Kier molecular flexibility index (Phi) is 12.0. The molecule has 1 heterocycles. The Bertz CT molecular complexity index is 425. The van der Waals surface area contributed by atoms with E-state index >= 15 is 0 Å². The van der Waals surface area contributed by atoms with Crippen molar-refractivity contribution >= 4 is 27.5 Å². The van der Waals surface area contributed by atoms with Gasteiger partial charge in [0.25, 0.3) is 0 Å². The maximum Gasteiger partial charge on any atom is 0.220 e. The third-order valence-corrected chi connectivity index (χ3v) is 4.85. The number of carbonyl (C=O) groups is 1. The fourth-order valence-electron chi connectivity index (χ4n) is 1.52. The lowest BCUT2D eigenvalue weighted by atomic mass is 10.2. The van der Waals surface area contributed by atoms with Crippen molar-refractivity contribution in [2.45, 2.75) is 25.3 Å². The normalized spacial score (nSPS) is 10.9. The van der Waals surface area contributed by atoms with Crippen LogP contribution in [0, 0.1) is 5.92 Å². The molecule has 0 atom stereocenters. The topological polar surface area (TPSA) is 60.5 Å². The highest BCUT2D eigenvalue weighted by molar-refractivity contribution is 8.76. The average Bonchev–Trinajstić information content (AvgIpc) is 2.55.